The maximum Gasteiger partial charge on any atom is 0.234 e. The maximum absolute atomic E-state index is 11.7. The molecule has 2 atom stereocenters. The standard InChI is InChI=1S/C12H25N3O/c1-4-5-10(2)14-12(16)9-15(3)11-6-7-13-8-11/h10-11,13H,4-9H2,1-3H3,(H,14,16). The van der Waals surface area contributed by atoms with Crippen LogP contribution >= 0.6 is 0 Å². The molecule has 4 nitrogen and oxygen atoms in total. The molecule has 1 amide bonds. The van der Waals surface area contributed by atoms with Crippen LogP contribution in [0.2, 0.25) is 0 Å². The lowest BCUT2D eigenvalue weighted by Crippen LogP contribution is -2.43. The molecule has 0 bridgehead atoms. The van der Waals surface area contributed by atoms with Crippen LogP contribution in [0, 0.1) is 0 Å². The number of hydrogen-bond acceptors (Lipinski definition) is 3. The first kappa shape index (κ1) is 13.5. The molecular formula is C12H25N3O. The minimum Gasteiger partial charge on any atom is -0.353 e. The van der Waals surface area contributed by atoms with Gasteiger partial charge in [-0.1, -0.05) is 13.3 Å². The van der Waals surface area contributed by atoms with Crippen LogP contribution in [0.4, 0.5) is 0 Å². The molecule has 1 rings (SSSR count). The molecule has 1 aliphatic heterocycles. The first-order chi connectivity index (χ1) is 7.63. The number of rotatable bonds is 6. The molecule has 16 heavy (non-hydrogen) atoms. The summed E-state index contributed by atoms with van der Waals surface area (Å²) in [5, 5.41) is 6.35. The van der Waals surface area contributed by atoms with Crippen molar-refractivity contribution < 1.29 is 4.79 Å². The molecule has 2 N–H and O–H groups in total. The number of carbonyl (C=O) groups excluding carboxylic acids is 1. The fourth-order valence-corrected chi connectivity index (χ4v) is 2.20. The second kappa shape index (κ2) is 6.86. The van der Waals surface area contributed by atoms with Crippen LogP contribution in [0.15, 0.2) is 0 Å². The van der Waals surface area contributed by atoms with Gasteiger partial charge >= 0.3 is 0 Å². The molecule has 0 aromatic carbocycles. The number of nitrogens with zero attached hydrogens (tertiary/aromatic N) is 1. The number of amides is 1. The van der Waals surface area contributed by atoms with Crippen molar-refractivity contribution in [3.05, 3.63) is 0 Å². The first-order valence-electron chi connectivity index (χ1n) is 6.33. The van der Waals surface area contributed by atoms with Gasteiger partial charge in [0.05, 0.1) is 6.54 Å². The molecule has 0 spiro atoms. The zero-order chi connectivity index (χ0) is 12.0. The normalized spacial score (nSPS) is 22.4. The largest absolute Gasteiger partial charge is 0.353 e. The SMILES string of the molecule is CCCC(C)NC(=O)CN(C)C1CCNC1. The van der Waals surface area contributed by atoms with Crippen LogP contribution in [0.1, 0.15) is 33.1 Å². The van der Waals surface area contributed by atoms with Crippen LogP contribution < -0.4 is 10.6 Å². The molecule has 0 aliphatic carbocycles. The van der Waals surface area contributed by atoms with Gasteiger partial charge in [-0.25, -0.2) is 0 Å². The Hall–Kier alpha value is -0.610. The van der Waals surface area contributed by atoms with Crippen molar-refractivity contribution in [1.82, 2.24) is 15.5 Å². The van der Waals surface area contributed by atoms with Gasteiger partial charge in [0.2, 0.25) is 5.91 Å². The monoisotopic (exact) mass is 227 g/mol. The fraction of sp³-hybridized carbons (Fsp3) is 0.917. The summed E-state index contributed by atoms with van der Waals surface area (Å²) in [6, 6.07) is 0.819. The molecule has 2 unspecified atom stereocenters. The van der Waals surface area contributed by atoms with E-state index in [1.165, 1.54) is 0 Å². The van der Waals surface area contributed by atoms with Crippen molar-refractivity contribution in [2.45, 2.75) is 45.2 Å². The summed E-state index contributed by atoms with van der Waals surface area (Å²) in [6.45, 7) is 6.80. The Bertz CT molecular complexity index is 214. The zero-order valence-electron chi connectivity index (χ0n) is 10.8. The van der Waals surface area contributed by atoms with E-state index < -0.39 is 0 Å². The van der Waals surface area contributed by atoms with Gasteiger partial charge in [0.15, 0.2) is 0 Å². The quantitative estimate of drug-likeness (QED) is 0.698. The fourth-order valence-electron chi connectivity index (χ4n) is 2.20. The van der Waals surface area contributed by atoms with E-state index in [1.807, 2.05) is 7.05 Å². The lowest BCUT2D eigenvalue weighted by atomic mass is 10.2. The van der Waals surface area contributed by atoms with Gasteiger partial charge < -0.3 is 10.6 Å². The third-order valence-corrected chi connectivity index (χ3v) is 3.18. The van der Waals surface area contributed by atoms with Crippen molar-refractivity contribution in [2.75, 3.05) is 26.7 Å². The third kappa shape index (κ3) is 4.49. The van der Waals surface area contributed by atoms with Crippen LogP contribution in [0.5, 0.6) is 0 Å². The van der Waals surface area contributed by atoms with E-state index >= 15 is 0 Å². The predicted molar refractivity (Wildman–Crippen MR) is 66.4 cm³/mol. The molecule has 1 aliphatic rings. The van der Waals surface area contributed by atoms with E-state index in [0.29, 0.717) is 18.6 Å². The molecule has 0 radical (unpaired) electrons. The Morgan fingerprint density at radius 2 is 2.38 bits per heavy atom. The Balaban J connectivity index is 2.22. The molecular weight excluding hydrogens is 202 g/mol. The van der Waals surface area contributed by atoms with E-state index in [9.17, 15) is 4.79 Å². The van der Waals surface area contributed by atoms with Crippen LogP contribution in [0.25, 0.3) is 0 Å². The minimum absolute atomic E-state index is 0.148. The lowest BCUT2D eigenvalue weighted by molar-refractivity contribution is -0.123. The van der Waals surface area contributed by atoms with Gasteiger partial charge in [-0.3, -0.25) is 9.69 Å². The predicted octanol–water partition coefficient (Wildman–Crippen LogP) is 0.585. The van der Waals surface area contributed by atoms with Gasteiger partial charge in [-0.05, 0) is 33.4 Å². The first-order valence-corrected chi connectivity index (χ1v) is 6.33. The summed E-state index contributed by atoms with van der Waals surface area (Å²) in [5.41, 5.74) is 0. The van der Waals surface area contributed by atoms with Crippen molar-refractivity contribution in [3.8, 4) is 0 Å². The van der Waals surface area contributed by atoms with E-state index in [2.05, 4.69) is 29.4 Å². The highest BCUT2D eigenvalue weighted by atomic mass is 16.2. The lowest BCUT2D eigenvalue weighted by Gasteiger charge is -2.23. The molecule has 0 aromatic rings. The van der Waals surface area contributed by atoms with Crippen molar-refractivity contribution in [2.24, 2.45) is 0 Å². The highest BCUT2D eigenvalue weighted by Crippen LogP contribution is 2.05. The second-order valence-corrected chi connectivity index (χ2v) is 4.82. The highest BCUT2D eigenvalue weighted by Gasteiger charge is 2.21. The van der Waals surface area contributed by atoms with Crippen LogP contribution in [-0.4, -0.2) is 49.6 Å². The maximum atomic E-state index is 11.7. The van der Waals surface area contributed by atoms with Crippen molar-refractivity contribution in [1.29, 1.82) is 0 Å². The van der Waals surface area contributed by atoms with Crippen LogP contribution in [0.3, 0.4) is 0 Å². The summed E-state index contributed by atoms with van der Waals surface area (Å²) in [6.07, 6.45) is 3.32. The summed E-state index contributed by atoms with van der Waals surface area (Å²) in [4.78, 5) is 13.9. The number of nitrogens with one attached hydrogen (secondary N) is 2. The van der Waals surface area contributed by atoms with Crippen LogP contribution in [-0.2, 0) is 4.79 Å². The topological polar surface area (TPSA) is 44.4 Å². The molecule has 0 aromatic heterocycles. The molecule has 1 heterocycles. The summed E-state index contributed by atoms with van der Waals surface area (Å²) >= 11 is 0. The number of hydrogen-bond donors (Lipinski definition) is 2. The Morgan fingerprint density at radius 3 is 2.94 bits per heavy atom. The molecule has 4 heteroatoms. The smallest absolute Gasteiger partial charge is 0.234 e. The van der Waals surface area contributed by atoms with Gasteiger partial charge in [0, 0.05) is 18.6 Å². The van der Waals surface area contributed by atoms with Gasteiger partial charge in [0.25, 0.3) is 0 Å². The third-order valence-electron chi connectivity index (χ3n) is 3.18. The molecule has 1 fully saturated rings. The Kier molecular flexibility index (Phi) is 5.77. The van der Waals surface area contributed by atoms with Crippen molar-refractivity contribution in [3.63, 3.8) is 0 Å². The molecule has 94 valence electrons. The van der Waals surface area contributed by atoms with E-state index in [1.54, 1.807) is 0 Å². The minimum atomic E-state index is 0.148. The second-order valence-electron chi connectivity index (χ2n) is 4.82. The van der Waals surface area contributed by atoms with E-state index in [0.717, 1.165) is 32.4 Å². The summed E-state index contributed by atoms with van der Waals surface area (Å²) in [7, 11) is 2.03. The Labute approximate surface area is 98.8 Å². The average Bonchev–Trinajstić information content (AvgIpc) is 2.69. The van der Waals surface area contributed by atoms with E-state index in [-0.39, 0.29) is 5.91 Å². The summed E-state index contributed by atoms with van der Waals surface area (Å²) in [5.74, 6) is 0.148. The zero-order valence-corrected chi connectivity index (χ0v) is 10.8. The van der Waals surface area contributed by atoms with E-state index in [4.69, 9.17) is 0 Å². The van der Waals surface area contributed by atoms with Crippen molar-refractivity contribution >= 4 is 5.91 Å². The number of carbonyl (C=O) groups is 1. The van der Waals surface area contributed by atoms with Gasteiger partial charge in [-0.15, -0.1) is 0 Å². The summed E-state index contributed by atoms with van der Waals surface area (Å²) < 4.78 is 0. The van der Waals surface area contributed by atoms with Gasteiger partial charge in [0.1, 0.15) is 0 Å². The average molecular weight is 227 g/mol. The molecule has 1 saturated heterocycles. The Morgan fingerprint density at radius 1 is 1.62 bits per heavy atom. The number of likely N-dealkylation sites (N-methyl/N-ethyl adjacent to an activating group) is 1. The molecule has 0 saturated carbocycles. The highest BCUT2D eigenvalue weighted by molar-refractivity contribution is 5.78. The van der Waals surface area contributed by atoms with Gasteiger partial charge in [-0.2, -0.15) is 0 Å².